The third-order valence-corrected chi connectivity index (χ3v) is 4.37. The van der Waals surface area contributed by atoms with Crippen LogP contribution in [0.25, 0.3) is 0 Å². The van der Waals surface area contributed by atoms with E-state index in [0.29, 0.717) is 0 Å². The Labute approximate surface area is 120 Å². The zero-order valence-electron chi connectivity index (χ0n) is 12.9. The first-order valence-corrected chi connectivity index (χ1v) is 6.77. The largest absolute Gasteiger partial charge is 0.481 e. The lowest BCUT2D eigenvalue weighted by Crippen LogP contribution is -2.57. The second kappa shape index (κ2) is 5.54. The molecule has 4 nitrogen and oxygen atoms in total. The van der Waals surface area contributed by atoms with Gasteiger partial charge in [0.1, 0.15) is 0 Å². The van der Waals surface area contributed by atoms with Crippen LogP contribution in [0.4, 0.5) is 0 Å². The number of carboxylic acids is 1. The Kier molecular flexibility index (Phi) is 4.62. The number of aliphatic carboxylic acids is 1. The van der Waals surface area contributed by atoms with Crippen molar-refractivity contribution in [2.45, 2.75) is 45.8 Å². The number of nitrogens with one attached hydrogen (secondary N) is 1. The van der Waals surface area contributed by atoms with Crippen LogP contribution in [-0.4, -0.2) is 28.3 Å². The Morgan fingerprint density at radius 1 is 1.10 bits per heavy atom. The van der Waals surface area contributed by atoms with Crippen molar-refractivity contribution in [2.75, 3.05) is 6.54 Å². The second-order valence-electron chi connectivity index (χ2n) is 6.55. The van der Waals surface area contributed by atoms with Gasteiger partial charge < -0.3 is 15.5 Å². The standard InChI is InChI=1S/C16H25NO3/c1-14(2,13(18)19)15(3,4)17-11-16(5,20)12-9-7-6-8-10-12/h6-10,17,20H,11H2,1-5H3,(H,18,19). The highest BCUT2D eigenvalue weighted by atomic mass is 16.4. The molecule has 20 heavy (non-hydrogen) atoms. The van der Waals surface area contributed by atoms with Crippen molar-refractivity contribution >= 4 is 5.97 Å². The summed E-state index contributed by atoms with van der Waals surface area (Å²) in [5.41, 5.74) is -1.85. The summed E-state index contributed by atoms with van der Waals surface area (Å²) in [5, 5.41) is 23.1. The number of carboxylic acid groups (broad SMARTS) is 1. The van der Waals surface area contributed by atoms with Gasteiger partial charge >= 0.3 is 5.97 Å². The van der Waals surface area contributed by atoms with E-state index in [1.807, 2.05) is 44.2 Å². The van der Waals surface area contributed by atoms with Gasteiger partial charge in [-0.05, 0) is 40.2 Å². The summed E-state index contributed by atoms with van der Waals surface area (Å²) in [6, 6.07) is 9.35. The highest BCUT2D eigenvalue weighted by Gasteiger charge is 2.44. The van der Waals surface area contributed by atoms with E-state index in [4.69, 9.17) is 0 Å². The Balaban J connectivity index is 2.83. The molecule has 0 heterocycles. The summed E-state index contributed by atoms with van der Waals surface area (Å²) in [6.07, 6.45) is 0. The van der Waals surface area contributed by atoms with E-state index in [1.54, 1.807) is 20.8 Å². The van der Waals surface area contributed by atoms with Gasteiger partial charge in [-0.1, -0.05) is 30.3 Å². The van der Waals surface area contributed by atoms with Crippen molar-refractivity contribution in [1.82, 2.24) is 5.32 Å². The van der Waals surface area contributed by atoms with Gasteiger partial charge in [0.15, 0.2) is 0 Å². The molecule has 3 N–H and O–H groups in total. The van der Waals surface area contributed by atoms with Crippen molar-refractivity contribution in [1.29, 1.82) is 0 Å². The molecular formula is C16H25NO3. The Bertz CT molecular complexity index is 464. The van der Waals surface area contributed by atoms with E-state index in [0.717, 1.165) is 5.56 Å². The molecule has 1 aromatic carbocycles. The first kappa shape index (κ1) is 16.7. The molecule has 0 saturated carbocycles. The molecular weight excluding hydrogens is 254 g/mol. The maximum Gasteiger partial charge on any atom is 0.310 e. The number of aliphatic hydroxyl groups is 1. The molecule has 1 aromatic rings. The Morgan fingerprint density at radius 3 is 2.05 bits per heavy atom. The summed E-state index contributed by atoms with van der Waals surface area (Å²) in [4.78, 5) is 11.4. The monoisotopic (exact) mass is 279 g/mol. The minimum Gasteiger partial charge on any atom is -0.481 e. The van der Waals surface area contributed by atoms with Gasteiger partial charge in [0.05, 0.1) is 11.0 Å². The average molecular weight is 279 g/mol. The van der Waals surface area contributed by atoms with Crippen LogP contribution in [0.15, 0.2) is 30.3 Å². The van der Waals surface area contributed by atoms with Crippen molar-refractivity contribution in [3.8, 4) is 0 Å². The fourth-order valence-electron chi connectivity index (χ4n) is 1.78. The maximum atomic E-state index is 11.4. The van der Waals surface area contributed by atoms with Gasteiger partial charge in [0.2, 0.25) is 0 Å². The summed E-state index contributed by atoms with van der Waals surface area (Å²) < 4.78 is 0. The molecule has 0 saturated heterocycles. The predicted molar refractivity (Wildman–Crippen MR) is 79.5 cm³/mol. The smallest absolute Gasteiger partial charge is 0.310 e. The minimum atomic E-state index is -1.05. The minimum absolute atomic E-state index is 0.278. The molecule has 4 heteroatoms. The van der Waals surface area contributed by atoms with Gasteiger partial charge in [0, 0.05) is 12.1 Å². The van der Waals surface area contributed by atoms with E-state index in [2.05, 4.69) is 5.32 Å². The highest BCUT2D eigenvalue weighted by molar-refractivity contribution is 5.75. The van der Waals surface area contributed by atoms with E-state index in [-0.39, 0.29) is 6.54 Å². The third kappa shape index (κ3) is 3.38. The van der Waals surface area contributed by atoms with Crippen LogP contribution in [-0.2, 0) is 10.4 Å². The number of benzene rings is 1. The molecule has 0 aromatic heterocycles. The average Bonchev–Trinajstić information content (AvgIpc) is 2.37. The van der Waals surface area contributed by atoms with Crippen molar-refractivity contribution in [3.05, 3.63) is 35.9 Å². The number of hydrogen-bond donors (Lipinski definition) is 3. The molecule has 0 radical (unpaired) electrons. The van der Waals surface area contributed by atoms with Gasteiger partial charge in [-0.2, -0.15) is 0 Å². The lowest BCUT2D eigenvalue weighted by atomic mass is 9.74. The molecule has 1 rings (SSSR count). The molecule has 0 amide bonds. The lowest BCUT2D eigenvalue weighted by molar-refractivity contribution is -0.151. The highest BCUT2D eigenvalue weighted by Crippen LogP contribution is 2.31. The topological polar surface area (TPSA) is 69.6 Å². The zero-order chi connectivity index (χ0) is 15.6. The van der Waals surface area contributed by atoms with Gasteiger partial charge in [-0.15, -0.1) is 0 Å². The van der Waals surface area contributed by atoms with Crippen LogP contribution in [0.3, 0.4) is 0 Å². The van der Waals surface area contributed by atoms with E-state index in [1.165, 1.54) is 0 Å². The summed E-state index contributed by atoms with van der Waals surface area (Å²) >= 11 is 0. The van der Waals surface area contributed by atoms with Crippen LogP contribution >= 0.6 is 0 Å². The Morgan fingerprint density at radius 2 is 1.60 bits per heavy atom. The van der Waals surface area contributed by atoms with Gasteiger partial charge in [0.25, 0.3) is 0 Å². The summed E-state index contributed by atoms with van der Waals surface area (Å²) in [7, 11) is 0. The number of rotatable bonds is 6. The molecule has 0 aliphatic carbocycles. The normalized spacial score (nSPS) is 15.7. The molecule has 1 unspecified atom stereocenters. The van der Waals surface area contributed by atoms with E-state index in [9.17, 15) is 15.0 Å². The molecule has 0 fully saturated rings. The van der Waals surface area contributed by atoms with Gasteiger partial charge in [-0.3, -0.25) is 4.79 Å². The van der Waals surface area contributed by atoms with Crippen LogP contribution in [0.5, 0.6) is 0 Å². The van der Waals surface area contributed by atoms with Crippen molar-refractivity contribution in [2.24, 2.45) is 5.41 Å². The van der Waals surface area contributed by atoms with Gasteiger partial charge in [-0.25, -0.2) is 0 Å². The van der Waals surface area contributed by atoms with E-state index < -0.39 is 22.5 Å². The maximum absolute atomic E-state index is 11.4. The molecule has 112 valence electrons. The molecule has 0 bridgehead atoms. The van der Waals surface area contributed by atoms with Crippen molar-refractivity contribution < 1.29 is 15.0 Å². The fourth-order valence-corrected chi connectivity index (χ4v) is 1.78. The second-order valence-corrected chi connectivity index (χ2v) is 6.55. The van der Waals surface area contributed by atoms with Crippen molar-refractivity contribution in [3.63, 3.8) is 0 Å². The van der Waals surface area contributed by atoms with Crippen LogP contribution in [0.2, 0.25) is 0 Å². The first-order chi connectivity index (χ1) is 9.01. The van der Waals surface area contributed by atoms with E-state index >= 15 is 0 Å². The number of hydrogen-bond acceptors (Lipinski definition) is 3. The summed E-state index contributed by atoms with van der Waals surface area (Å²) in [6.45, 7) is 9.03. The lowest BCUT2D eigenvalue weighted by Gasteiger charge is -2.41. The first-order valence-electron chi connectivity index (χ1n) is 6.77. The SMILES string of the molecule is CC(O)(CNC(C)(C)C(C)(C)C(=O)O)c1ccccc1. The van der Waals surface area contributed by atoms with Crippen LogP contribution in [0, 0.1) is 5.41 Å². The molecule has 0 aliphatic heterocycles. The Hall–Kier alpha value is -1.39. The quantitative estimate of drug-likeness (QED) is 0.748. The predicted octanol–water partition coefficient (Wildman–Crippen LogP) is 2.37. The molecule has 1 atom stereocenters. The molecule has 0 aliphatic rings. The molecule has 0 spiro atoms. The summed E-state index contributed by atoms with van der Waals surface area (Å²) in [5.74, 6) is -0.866. The van der Waals surface area contributed by atoms with Crippen LogP contribution in [0.1, 0.15) is 40.2 Å². The number of carbonyl (C=O) groups is 1. The van der Waals surface area contributed by atoms with Crippen LogP contribution < -0.4 is 5.32 Å². The third-order valence-electron chi connectivity index (χ3n) is 4.37. The number of β-amino-alcohol motifs (C(OH)–C–C–N with tert-alkyl or cyclic N) is 1. The zero-order valence-corrected chi connectivity index (χ0v) is 12.9. The fraction of sp³-hybridized carbons (Fsp3) is 0.562.